The summed E-state index contributed by atoms with van der Waals surface area (Å²) in [7, 11) is 2.76. The van der Waals surface area contributed by atoms with Crippen molar-refractivity contribution in [3.05, 3.63) is 23.3 Å². The first-order valence-corrected chi connectivity index (χ1v) is 5.28. The summed E-state index contributed by atoms with van der Waals surface area (Å²) in [6.07, 6.45) is -2.09. The van der Waals surface area contributed by atoms with Gasteiger partial charge in [-0.2, -0.15) is 0 Å². The highest BCUT2D eigenvalue weighted by atomic mass is 19.3. The molecular formula is C12H17F2NO2. The molecule has 0 fully saturated rings. The van der Waals surface area contributed by atoms with Crippen LogP contribution >= 0.6 is 0 Å². The lowest BCUT2D eigenvalue weighted by atomic mass is 10.0. The molecule has 0 heterocycles. The Kier molecular flexibility index (Phi) is 4.69. The van der Waals surface area contributed by atoms with Gasteiger partial charge in [0, 0.05) is 6.04 Å². The minimum absolute atomic E-state index is 0.0796. The smallest absolute Gasteiger partial charge is 0.267 e. The molecule has 2 N–H and O–H groups in total. The summed E-state index contributed by atoms with van der Waals surface area (Å²) in [4.78, 5) is 0. The van der Waals surface area contributed by atoms with Gasteiger partial charge >= 0.3 is 0 Å². The Labute approximate surface area is 99.5 Å². The van der Waals surface area contributed by atoms with Gasteiger partial charge in [-0.15, -0.1) is 0 Å². The molecule has 1 atom stereocenters. The standard InChI is InChI=1S/C12H17F2NO2/c1-7(15)4-8-5-9(12(13)14)11(17-3)10(6-8)16-2/h5-7,12H,4,15H2,1-3H3. The molecule has 1 aromatic rings. The van der Waals surface area contributed by atoms with E-state index in [2.05, 4.69) is 0 Å². The summed E-state index contributed by atoms with van der Waals surface area (Å²) in [6.45, 7) is 1.82. The number of halogens is 2. The molecule has 3 nitrogen and oxygen atoms in total. The third kappa shape index (κ3) is 3.30. The molecule has 5 heteroatoms. The van der Waals surface area contributed by atoms with E-state index in [0.29, 0.717) is 17.7 Å². The molecule has 0 aliphatic carbocycles. The van der Waals surface area contributed by atoms with E-state index in [4.69, 9.17) is 15.2 Å². The fourth-order valence-corrected chi connectivity index (χ4v) is 1.70. The van der Waals surface area contributed by atoms with Crippen LogP contribution in [-0.2, 0) is 6.42 Å². The van der Waals surface area contributed by atoms with E-state index in [1.807, 2.05) is 6.92 Å². The zero-order valence-corrected chi connectivity index (χ0v) is 10.2. The molecule has 0 aliphatic heterocycles. The van der Waals surface area contributed by atoms with Crippen LogP contribution < -0.4 is 15.2 Å². The van der Waals surface area contributed by atoms with Crippen LogP contribution in [0, 0.1) is 0 Å². The fourth-order valence-electron chi connectivity index (χ4n) is 1.70. The molecule has 96 valence electrons. The molecule has 0 aromatic heterocycles. The van der Waals surface area contributed by atoms with Gasteiger partial charge in [0.25, 0.3) is 6.43 Å². The quantitative estimate of drug-likeness (QED) is 0.867. The molecule has 0 bridgehead atoms. The minimum atomic E-state index is -2.60. The van der Waals surface area contributed by atoms with Gasteiger partial charge in [-0.1, -0.05) is 0 Å². The lowest BCUT2D eigenvalue weighted by molar-refractivity contribution is 0.146. The maximum atomic E-state index is 12.9. The van der Waals surface area contributed by atoms with E-state index in [1.54, 1.807) is 6.07 Å². The van der Waals surface area contributed by atoms with Gasteiger partial charge in [0.2, 0.25) is 0 Å². The van der Waals surface area contributed by atoms with Crippen LogP contribution in [0.25, 0.3) is 0 Å². The first-order chi connectivity index (χ1) is 7.99. The summed E-state index contributed by atoms with van der Waals surface area (Å²) in [5.74, 6) is 0.386. The van der Waals surface area contributed by atoms with Crippen LogP contribution in [0.1, 0.15) is 24.5 Å². The van der Waals surface area contributed by atoms with Crippen molar-refractivity contribution in [1.29, 1.82) is 0 Å². The second-order valence-electron chi connectivity index (χ2n) is 3.90. The Hall–Kier alpha value is -1.36. The van der Waals surface area contributed by atoms with Gasteiger partial charge in [0.1, 0.15) is 0 Å². The lowest BCUT2D eigenvalue weighted by Gasteiger charge is -2.15. The van der Waals surface area contributed by atoms with E-state index in [0.717, 1.165) is 0 Å². The van der Waals surface area contributed by atoms with Gasteiger partial charge in [-0.05, 0) is 31.0 Å². The zero-order chi connectivity index (χ0) is 13.0. The van der Waals surface area contributed by atoms with Gasteiger partial charge in [0.15, 0.2) is 11.5 Å². The van der Waals surface area contributed by atoms with E-state index in [9.17, 15) is 8.78 Å². The highest BCUT2D eigenvalue weighted by molar-refractivity contribution is 5.50. The average Bonchev–Trinajstić information content (AvgIpc) is 2.26. The van der Waals surface area contributed by atoms with Crippen LogP contribution in [0.5, 0.6) is 11.5 Å². The van der Waals surface area contributed by atoms with Crippen LogP contribution in [0.15, 0.2) is 12.1 Å². The SMILES string of the molecule is COc1cc(CC(C)N)cc(C(F)F)c1OC. The van der Waals surface area contributed by atoms with Crippen molar-refractivity contribution < 1.29 is 18.3 Å². The van der Waals surface area contributed by atoms with Crippen molar-refractivity contribution in [2.45, 2.75) is 25.8 Å². The van der Waals surface area contributed by atoms with Gasteiger partial charge < -0.3 is 15.2 Å². The minimum Gasteiger partial charge on any atom is -0.493 e. The predicted octanol–water partition coefficient (Wildman–Crippen LogP) is 2.53. The molecule has 0 saturated carbocycles. The van der Waals surface area contributed by atoms with E-state index < -0.39 is 6.43 Å². The van der Waals surface area contributed by atoms with Crippen molar-refractivity contribution in [2.24, 2.45) is 5.73 Å². The van der Waals surface area contributed by atoms with Crippen molar-refractivity contribution in [3.8, 4) is 11.5 Å². The largest absolute Gasteiger partial charge is 0.493 e. The van der Waals surface area contributed by atoms with E-state index in [1.165, 1.54) is 20.3 Å². The lowest BCUT2D eigenvalue weighted by Crippen LogP contribution is -2.18. The van der Waals surface area contributed by atoms with Crippen LogP contribution in [0.4, 0.5) is 8.78 Å². The molecule has 17 heavy (non-hydrogen) atoms. The highest BCUT2D eigenvalue weighted by Crippen LogP contribution is 2.38. The Balaban J connectivity index is 3.24. The Morgan fingerprint density at radius 3 is 2.29 bits per heavy atom. The molecular weight excluding hydrogens is 228 g/mol. The third-order valence-electron chi connectivity index (χ3n) is 2.36. The number of rotatable bonds is 5. The Morgan fingerprint density at radius 1 is 1.24 bits per heavy atom. The second kappa shape index (κ2) is 5.82. The molecule has 0 amide bonds. The van der Waals surface area contributed by atoms with Crippen LogP contribution in [0.2, 0.25) is 0 Å². The maximum absolute atomic E-state index is 12.9. The van der Waals surface area contributed by atoms with Gasteiger partial charge in [-0.25, -0.2) is 8.78 Å². The summed E-state index contributed by atoms with van der Waals surface area (Å²) in [5, 5.41) is 0. The van der Waals surface area contributed by atoms with E-state index >= 15 is 0 Å². The number of alkyl halides is 2. The number of benzene rings is 1. The number of nitrogens with two attached hydrogens (primary N) is 1. The van der Waals surface area contributed by atoms with Gasteiger partial charge in [-0.3, -0.25) is 0 Å². The monoisotopic (exact) mass is 245 g/mol. The molecule has 1 rings (SSSR count). The summed E-state index contributed by atoms with van der Waals surface area (Å²) >= 11 is 0. The normalized spacial score (nSPS) is 12.6. The van der Waals surface area contributed by atoms with Crippen LogP contribution in [-0.4, -0.2) is 20.3 Å². The second-order valence-corrected chi connectivity index (χ2v) is 3.90. The molecule has 1 aromatic carbocycles. The fraction of sp³-hybridized carbons (Fsp3) is 0.500. The molecule has 0 radical (unpaired) electrons. The first-order valence-electron chi connectivity index (χ1n) is 5.28. The average molecular weight is 245 g/mol. The topological polar surface area (TPSA) is 44.5 Å². The number of hydrogen-bond acceptors (Lipinski definition) is 3. The molecule has 1 unspecified atom stereocenters. The Bertz CT molecular complexity index is 381. The molecule has 0 spiro atoms. The van der Waals surface area contributed by atoms with Crippen molar-refractivity contribution in [2.75, 3.05) is 14.2 Å². The summed E-state index contributed by atoms with van der Waals surface area (Å²) in [6, 6.07) is 2.99. The molecule has 0 saturated heterocycles. The highest BCUT2D eigenvalue weighted by Gasteiger charge is 2.19. The van der Waals surface area contributed by atoms with Crippen LogP contribution in [0.3, 0.4) is 0 Å². The summed E-state index contributed by atoms with van der Waals surface area (Å²) in [5.41, 5.74) is 6.20. The number of hydrogen-bond donors (Lipinski definition) is 1. The van der Waals surface area contributed by atoms with E-state index in [-0.39, 0.29) is 17.4 Å². The van der Waals surface area contributed by atoms with Crippen molar-refractivity contribution in [3.63, 3.8) is 0 Å². The Morgan fingerprint density at radius 2 is 1.88 bits per heavy atom. The summed E-state index contributed by atoms with van der Waals surface area (Å²) < 4.78 is 35.8. The van der Waals surface area contributed by atoms with Gasteiger partial charge in [0.05, 0.1) is 19.8 Å². The van der Waals surface area contributed by atoms with Crippen molar-refractivity contribution in [1.82, 2.24) is 0 Å². The number of methoxy groups -OCH3 is 2. The number of ether oxygens (including phenoxy) is 2. The third-order valence-corrected chi connectivity index (χ3v) is 2.36. The zero-order valence-electron chi connectivity index (χ0n) is 10.2. The predicted molar refractivity (Wildman–Crippen MR) is 61.9 cm³/mol. The maximum Gasteiger partial charge on any atom is 0.267 e. The van der Waals surface area contributed by atoms with Crippen molar-refractivity contribution >= 4 is 0 Å². The first kappa shape index (κ1) is 13.7. The molecule has 0 aliphatic rings.